The van der Waals surface area contributed by atoms with Crippen LogP contribution in [0.2, 0.25) is 0 Å². The number of carboxylic acid groups (broad SMARTS) is 1. The summed E-state index contributed by atoms with van der Waals surface area (Å²) >= 11 is 0. The van der Waals surface area contributed by atoms with Gasteiger partial charge in [-0.15, -0.1) is 0 Å². The molecule has 0 fully saturated rings. The van der Waals surface area contributed by atoms with Crippen LogP contribution in [0.25, 0.3) is 0 Å². The minimum Gasteiger partial charge on any atom is -0.542 e. The van der Waals surface area contributed by atoms with Crippen LogP contribution in [0.15, 0.2) is 12.3 Å². The van der Waals surface area contributed by atoms with E-state index in [0.29, 0.717) is 6.61 Å². The molecule has 0 aromatic heterocycles. The van der Waals surface area contributed by atoms with Gasteiger partial charge in [0.2, 0.25) is 0 Å². The van der Waals surface area contributed by atoms with Crippen molar-refractivity contribution >= 4 is 5.97 Å². The van der Waals surface area contributed by atoms with E-state index in [4.69, 9.17) is 0 Å². The monoisotopic (exact) mass is 166 g/mol. The predicted molar refractivity (Wildman–Crippen MR) is 35.0 cm³/mol. The Morgan fingerprint density at radius 2 is 2.18 bits per heavy atom. The molecule has 11 heavy (non-hydrogen) atoms. The second-order valence-corrected chi connectivity index (χ2v) is 1.91. The quantitative estimate of drug-likeness (QED) is 0.190. The van der Waals surface area contributed by atoms with Gasteiger partial charge >= 0.3 is 29.6 Å². The maximum absolute atomic E-state index is 9.96. The zero-order valence-electron chi connectivity index (χ0n) is 7.05. The van der Waals surface area contributed by atoms with Gasteiger partial charge in [0.05, 0.1) is 6.61 Å². The smallest absolute Gasteiger partial charge is 0.542 e. The summed E-state index contributed by atoms with van der Waals surface area (Å²) < 4.78 is 4.69. The molecule has 0 bridgehead atoms. The first-order chi connectivity index (χ1) is 4.68. The normalized spacial score (nSPS) is 8.09. The fourth-order valence-corrected chi connectivity index (χ4v) is 0.399. The number of aliphatic carboxylic acids is 1. The number of carbonyl (C=O) groups is 1. The molecule has 0 aromatic carbocycles. The molecule has 0 radical (unpaired) electrons. The molecule has 0 aliphatic heterocycles. The van der Waals surface area contributed by atoms with Gasteiger partial charge in [-0.25, -0.2) is 0 Å². The Morgan fingerprint density at radius 3 is 2.55 bits per heavy atom. The Morgan fingerprint density at radius 1 is 1.64 bits per heavy atom. The molecule has 0 aromatic rings. The Balaban J connectivity index is 0. The molecule has 3 nitrogen and oxygen atoms in total. The maximum Gasteiger partial charge on any atom is 1.00 e. The van der Waals surface area contributed by atoms with Crippen LogP contribution in [0.1, 0.15) is 19.8 Å². The number of unbranched alkanes of at least 4 members (excludes halogenated alkanes) is 1. The Bertz CT molecular complexity index is 134. The SMILES string of the molecule is C=C(OCCCC)C(=O)[O-].[Na+]. The molecule has 0 N–H and O–H groups in total. The van der Waals surface area contributed by atoms with Gasteiger partial charge in [-0.05, 0) is 6.42 Å². The summed E-state index contributed by atoms with van der Waals surface area (Å²) in [5, 5.41) is 9.96. The first kappa shape index (κ1) is 13.6. The molecule has 0 rings (SSSR count). The Labute approximate surface area is 88.7 Å². The molecule has 0 atom stereocenters. The molecule has 0 heterocycles. The van der Waals surface area contributed by atoms with Gasteiger partial charge in [0.1, 0.15) is 11.7 Å². The molecule has 0 saturated carbocycles. The molecular formula is C7H11NaO3. The number of hydrogen-bond acceptors (Lipinski definition) is 3. The maximum atomic E-state index is 9.96. The summed E-state index contributed by atoms with van der Waals surface area (Å²) in [4.78, 5) is 9.96. The number of carboxylic acids is 1. The van der Waals surface area contributed by atoms with Crippen LogP contribution >= 0.6 is 0 Å². The number of ether oxygens (including phenoxy) is 1. The van der Waals surface area contributed by atoms with Crippen LogP contribution < -0.4 is 34.7 Å². The molecule has 58 valence electrons. The zero-order valence-corrected chi connectivity index (χ0v) is 9.05. The third kappa shape index (κ3) is 7.91. The Kier molecular flexibility index (Phi) is 10.0. The summed E-state index contributed by atoms with van der Waals surface area (Å²) in [6.45, 7) is 5.54. The van der Waals surface area contributed by atoms with Crippen molar-refractivity contribution in [2.75, 3.05) is 6.61 Å². The van der Waals surface area contributed by atoms with E-state index in [-0.39, 0.29) is 35.3 Å². The van der Waals surface area contributed by atoms with E-state index in [1.807, 2.05) is 6.92 Å². The molecule has 4 heteroatoms. The van der Waals surface area contributed by atoms with Gasteiger partial charge in [-0.3, -0.25) is 0 Å². The number of carbonyl (C=O) groups excluding carboxylic acids is 1. The van der Waals surface area contributed by atoms with Gasteiger partial charge in [0.15, 0.2) is 0 Å². The summed E-state index contributed by atoms with van der Waals surface area (Å²) in [5.74, 6) is -1.62. The standard InChI is InChI=1S/C7H12O3.Na/c1-3-4-5-10-6(2)7(8)9;/h2-5H2,1H3,(H,8,9);/q;+1/p-1. The van der Waals surface area contributed by atoms with Crippen LogP contribution in [-0.2, 0) is 9.53 Å². The van der Waals surface area contributed by atoms with Crippen molar-refractivity contribution in [3.63, 3.8) is 0 Å². The van der Waals surface area contributed by atoms with Crippen LogP contribution in [0.3, 0.4) is 0 Å². The van der Waals surface area contributed by atoms with E-state index in [9.17, 15) is 9.90 Å². The van der Waals surface area contributed by atoms with Crippen LogP contribution in [0, 0.1) is 0 Å². The van der Waals surface area contributed by atoms with Crippen molar-refractivity contribution in [2.24, 2.45) is 0 Å². The van der Waals surface area contributed by atoms with E-state index in [0.717, 1.165) is 12.8 Å². The van der Waals surface area contributed by atoms with Gasteiger partial charge in [-0.1, -0.05) is 19.9 Å². The molecule has 0 aliphatic carbocycles. The van der Waals surface area contributed by atoms with Crippen LogP contribution in [0.4, 0.5) is 0 Å². The minimum absolute atomic E-state index is 0. The van der Waals surface area contributed by atoms with Crippen LogP contribution in [-0.4, -0.2) is 12.6 Å². The predicted octanol–water partition coefficient (Wildman–Crippen LogP) is -2.93. The fourth-order valence-electron chi connectivity index (χ4n) is 0.399. The molecular weight excluding hydrogens is 155 g/mol. The van der Waals surface area contributed by atoms with E-state index >= 15 is 0 Å². The molecule has 0 amide bonds. The number of hydrogen-bond donors (Lipinski definition) is 0. The summed E-state index contributed by atoms with van der Waals surface area (Å²) in [5.41, 5.74) is 0. The number of rotatable bonds is 5. The fraction of sp³-hybridized carbons (Fsp3) is 0.571. The van der Waals surface area contributed by atoms with Crippen molar-refractivity contribution < 1.29 is 44.2 Å². The van der Waals surface area contributed by atoms with Crippen molar-refractivity contribution in [3.05, 3.63) is 12.3 Å². The largest absolute Gasteiger partial charge is 1.00 e. The second-order valence-electron chi connectivity index (χ2n) is 1.91. The van der Waals surface area contributed by atoms with Crippen molar-refractivity contribution in [1.29, 1.82) is 0 Å². The third-order valence-corrected chi connectivity index (χ3v) is 1.00. The van der Waals surface area contributed by atoms with Crippen molar-refractivity contribution in [3.8, 4) is 0 Å². The third-order valence-electron chi connectivity index (χ3n) is 1.00. The minimum atomic E-state index is -1.34. The molecule has 0 spiro atoms. The first-order valence-electron chi connectivity index (χ1n) is 3.21. The summed E-state index contributed by atoms with van der Waals surface area (Å²) in [6.07, 6.45) is 1.81. The van der Waals surface area contributed by atoms with E-state index in [2.05, 4.69) is 11.3 Å². The van der Waals surface area contributed by atoms with Crippen LogP contribution in [0.5, 0.6) is 0 Å². The second kappa shape index (κ2) is 8.11. The summed E-state index contributed by atoms with van der Waals surface area (Å²) in [7, 11) is 0. The average molecular weight is 166 g/mol. The van der Waals surface area contributed by atoms with E-state index in [1.54, 1.807) is 0 Å². The van der Waals surface area contributed by atoms with E-state index < -0.39 is 5.97 Å². The molecule has 0 unspecified atom stereocenters. The topological polar surface area (TPSA) is 49.4 Å². The summed E-state index contributed by atoms with van der Waals surface area (Å²) in [6, 6.07) is 0. The van der Waals surface area contributed by atoms with E-state index in [1.165, 1.54) is 0 Å². The average Bonchev–Trinajstić information content (AvgIpc) is 1.88. The van der Waals surface area contributed by atoms with Gasteiger partial charge in [0.25, 0.3) is 0 Å². The van der Waals surface area contributed by atoms with Gasteiger partial charge in [0, 0.05) is 0 Å². The van der Waals surface area contributed by atoms with Crippen molar-refractivity contribution in [1.82, 2.24) is 0 Å². The van der Waals surface area contributed by atoms with Gasteiger partial charge in [-0.2, -0.15) is 0 Å². The molecule has 0 aliphatic rings. The Hall–Kier alpha value is 0.0100. The molecule has 0 saturated heterocycles. The van der Waals surface area contributed by atoms with Crippen molar-refractivity contribution in [2.45, 2.75) is 19.8 Å². The van der Waals surface area contributed by atoms with Gasteiger partial charge < -0.3 is 14.6 Å². The zero-order chi connectivity index (χ0) is 7.98. The first-order valence-corrected chi connectivity index (χ1v) is 3.21.